The summed E-state index contributed by atoms with van der Waals surface area (Å²) >= 11 is 12.6. The topological polar surface area (TPSA) is 66.4 Å². The molecule has 0 aliphatic heterocycles. The Bertz CT molecular complexity index is 1130. The molecule has 172 valence electrons. The minimum atomic E-state index is -0.648. The Morgan fingerprint density at radius 1 is 0.848 bits per heavy atom. The highest BCUT2D eigenvalue weighted by atomic mass is 35.5. The van der Waals surface area contributed by atoms with Gasteiger partial charge >= 0.3 is 5.97 Å². The molecule has 6 nitrogen and oxygen atoms in total. The van der Waals surface area contributed by atoms with Gasteiger partial charge in [0.15, 0.2) is 17.2 Å². The first-order valence-corrected chi connectivity index (χ1v) is 10.9. The lowest BCUT2D eigenvalue weighted by atomic mass is 10.1. The smallest absolute Gasteiger partial charge is 0.361 e. The van der Waals surface area contributed by atoms with Crippen LogP contribution >= 0.6 is 23.2 Å². The summed E-state index contributed by atoms with van der Waals surface area (Å²) < 4.78 is 17.3. The van der Waals surface area contributed by atoms with Gasteiger partial charge in [0, 0.05) is 21.2 Å². The van der Waals surface area contributed by atoms with Gasteiger partial charge < -0.3 is 19.0 Å². The van der Waals surface area contributed by atoms with Crippen LogP contribution in [-0.4, -0.2) is 25.4 Å². The van der Waals surface area contributed by atoms with Crippen LogP contribution in [0.25, 0.3) is 0 Å². The highest BCUT2D eigenvalue weighted by Crippen LogP contribution is 2.34. The monoisotopic (exact) mass is 487 g/mol. The highest BCUT2D eigenvalue weighted by molar-refractivity contribution is 6.43. The minimum Gasteiger partial charge on any atom is -0.485 e. The largest absolute Gasteiger partial charge is 0.485 e. The van der Waals surface area contributed by atoms with Crippen LogP contribution in [0.3, 0.4) is 0 Å². The maximum absolute atomic E-state index is 12.6. The van der Waals surface area contributed by atoms with Gasteiger partial charge in [-0.2, -0.15) is 0 Å². The molecule has 0 radical (unpaired) electrons. The number of carbonyl (C=O) groups excluding carboxylic acids is 1. The van der Waals surface area contributed by atoms with Crippen LogP contribution in [0.2, 0.25) is 10.0 Å². The van der Waals surface area contributed by atoms with Crippen LogP contribution in [0, 0.1) is 0 Å². The molecule has 0 atom stereocenters. The van der Waals surface area contributed by atoms with Crippen molar-refractivity contribution in [2.24, 2.45) is 5.16 Å². The zero-order chi connectivity index (χ0) is 23.6. The standard InChI is InChI=1S/C25H23Cl2NO5/c1-3-31-25(29)23(28-30-2)19-11-8-14-22(32-15-17-9-4-6-12-20(17)26)24(19)33-16-18-10-5-7-13-21(18)27/h4-14H,3,15-16H2,1-2H3/b28-23-. The van der Waals surface area contributed by atoms with Gasteiger partial charge in [-0.05, 0) is 31.2 Å². The molecule has 33 heavy (non-hydrogen) atoms. The van der Waals surface area contributed by atoms with Crippen molar-refractivity contribution in [3.63, 3.8) is 0 Å². The quantitative estimate of drug-likeness (QED) is 0.197. The van der Waals surface area contributed by atoms with E-state index in [1.165, 1.54) is 7.11 Å². The van der Waals surface area contributed by atoms with E-state index in [0.29, 0.717) is 27.1 Å². The Morgan fingerprint density at radius 2 is 1.45 bits per heavy atom. The van der Waals surface area contributed by atoms with Crippen LogP contribution in [-0.2, 0) is 27.6 Å². The number of para-hydroxylation sites is 1. The van der Waals surface area contributed by atoms with E-state index in [1.807, 2.05) is 36.4 Å². The second-order valence-electron chi connectivity index (χ2n) is 6.74. The fourth-order valence-corrected chi connectivity index (χ4v) is 3.37. The molecule has 0 heterocycles. The Morgan fingerprint density at radius 3 is 2.03 bits per heavy atom. The SMILES string of the molecule is CCOC(=O)/C(=N\OC)c1cccc(OCc2ccccc2Cl)c1OCc1ccccc1Cl. The van der Waals surface area contributed by atoms with Gasteiger partial charge in [-0.3, -0.25) is 0 Å². The zero-order valence-electron chi connectivity index (χ0n) is 18.2. The van der Waals surface area contributed by atoms with E-state index in [4.69, 9.17) is 42.3 Å². The number of ether oxygens (including phenoxy) is 3. The van der Waals surface area contributed by atoms with Crippen molar-refractivity contribution < 1.29 is 23.8 Å². The lowest BCUT2D eigenvalue weighted by molar-refractivity contribution is -0.135. The maximum atomic E-state index is 12.6. The fraction of sp³-hybridized carbons (Fsp3) is 0.200. The molecule has 8 heteroatoms. The average Bonchev–Trinajstić information content (AvgIpc) is 2.82. The minimum absolute atomic E-state index is 0.0447. The third-order valence-corrected chi connectivity index (χ3v) is 5.29. The number of nitrogens with zero attached hydrogens (tertiary/aromatic N) is 1. The highest BCUT2D eigenvalue weighted by Gasteiger charge is 2.24. The van der Waals surface area contributed by atoms with E-state index >= 15 is 0 Å². The molecular weight excluding hydrogens is 465 g/mol. The Balaban J connectivity index is 1.99. The summed E-state index contributed by atoms with van der Waals surface area (Å²) in [5.41, 5.74) is 1.89. The van der Waals surface area contributed by atoms with Crippen molar-refractivity contribution in [3.8, 4) is 11.5 Å². The summed E-state index contributed by atoms with van der Waals surface area (Å²) in [5, 5.41) is 5.02. The Kier molecular flexibility index (Phi) is 8.98. The molecule has 3 aromatic carbocycles. The van der Waals surface area contributed by atoms with E-state index in [1.54, 1.807) is 37.3 Å². The van der Waals surface area contributed by atoms with E-state index in [2.05, 4.69) is 5.16 Å². The van der Waals surface area contributed by atoms with E-state index in [0.717, 1.165) is 11.1 Å². The van der Waals surface area contributed by atoms with Gasteiger partial charge in [-0.25, -0.2) is 4.79 Å². The molecule has 3 aromatic rings. The first-order valence-electron chi connectivity index (χ1n) is 10.2. The molecule has 3 rings (SSSR count). The second kappa shape index (κ2) is 12.1. The summed E-state index contributed by atoms with van der Waals surface area (Å²) in [6, 6.07) is 19.8. The van der Waals surface area contributed by atoms with Gasteiger partial charge in [0.05, 0.1) is 12.2 Å². The molecule has 0 saturated heterocycles. The van der Waals surface area contributed by atoms with Gasteiger partial charge in [0.1, 0.15) is 20.3 Å². The molecule has 0 amide bonds. The lowest BCUT2D eigenvalue weighted by Gasteiger charge is -2.17. The van der Waals surface area contributed by atoms with Crippen molar-refractivity contribution >= 4 is 34.9 Å². The second-order valence-corrected chi connectivity index (χ2v) is 7.55. The molecule has 0 aliphatic carbocycles. The van der Waals surface area contributed by atoms with Crippen molar-refractivity contribution in [1.82, 2.24) is 0 Å². The first kappa shape index (κ1) is 24.4. The van der Waals surface area contributed by atoms with Crippen molar-refractivity contribution in [3.05, 3.63) is 93.5 Å². The normalized spacial score (nSPS) is 11.1. The van der Waals surface area contributed by atoms with Crippen LogP contribution in [0.15, 0.2) is 71.9 Å². The lowest BCUT2D eigenvalue weighted by Crippen LogP contribution is -2.20. The first-order chi connectivity index (χ1) is 16.0. The number of oxime groups is 1. The molecule has 0 bridgehead atoms. The van der Waals surface area contributed by atoms with Gasteiger partial charge in [-0.15, -0.1) is 0 Å². The molecule has 0 spiro atoms. The number of rotatable bonds is 10. The average molecular weight is 488 g/mol. The number of esters is 1. The van der Waals surface area contributed by atoms with Gasteiger partial charge in [0.2, 0.25) is 0 Å². The summed E-state index contributed by atoms with van der Waals surface area (Å²) in [6.07, 6.45) is 0. The summed E-state index contributed by atoms with van der Waals surface area (Å²) in [5.74, 6) is 0.0473. The van der Waals surface area contributed by atoms with Crippen LogP contribution in [0.5, 0.6) is 11.5 Å². The third-order valence-electron chi connectivity index (χ3n) is 4.56. The predicted molar refractivity (Wildman–Crippen MR) is 128 cm³/mol. The van der Waals surface area contributed by atoms with E-state index in [9.17, 15) is 4.79 Å². The van der Waals surface area contributed by atoms with E-state index in [-0.39, 0.29) is 25.5 Å². The third kappa shape index (κ3) is 6.40. The summed E-state index contributed by atoms with van der Waals surface area (Å²) in [4.78, 5) is 17.5. The molecular formula is C25H23Cl2NO5. The van der Waals surface area contributed by atoms with Crippen LogP contribution < -0.4 is 9.47 Å². The van der Waals surface area contributed by atoms with Crippen molar-refractivity contribution in [1.29, 1.82) is 0 Å². The molecule has 0 unspecified atom stereocenters. The number of benzene rings is 3. The predicted octanol–water partition coefficient (Wildman–Crippen LogP) is 6.07. The Labute approximate surface area is 202 Å². The Hall–Kier alpha value is -3.22. The fourth-order valence-electron chi connectivity index (χ4n) is 2.99. The van der Waals surface area contributed by atoms with Crippen LogP contribution in [0.1, 0.15) is 23.6 Å². The molecule has 0 saturated carbocycles. The molecule has 0 fully saturated rings. The molecule has 0 aromatic heterocycles. The van der Waals surface area contributed by atoms with Gasteiger partial charge in [-0.1, -0.05) is 70.8 Å². The van der Waals surface area contributed by atoms with Crippen LogP contribution in [0.4, 0.5) is 0 Å². The van der Waals surface area contributed by atoms with Crippen molar-refractivity contribution in [2.75, 3.05) is 13.7 Å². The van der Waals surface area contributed by atoms with Gasteiger partial charge in [0.25, 0.3) is 0 Å². The summed E-state index contributed by atoms with van der Waals surface area (Å²) in [7, 11) is 1.35. The number of carbonyl (C=O) groups is 1. The van der Waals surface area contributed by atoms with Crippen molar-refractivity contribution in [2.45, 2.75) is 20.1 Å². The molecule has 0 aliphatic rings. The number of halogens is 2. The summed E-state index contributed by atoms with van der Waals surface area (Å²) in [6.45, 7) is 2.23. The number of hydrogen-bond acceptors (Lipinski definition) is 6. The number of hydrogen-bond donors (Lipinski definition) is 0. The molecule has 0 N–H and O–H groups in total. The maximum Gasteiger partial charge on any atom is 0.361 e. The zero-order valence-corrected chi connectivity index (χ0v) is 19.7. The van der Waals surface area contributed by atoms with E-state index < -0.39 is 5.97 Å².